The highest BCUT2D eigenvalue weighted by molar-refractivity contribution is 5.93. The zero-order valence-electron chi connectivity index (χ0n) is 10.9. The third-order valence-electron chi connectivity index (χ3n) is 2.91. The summed E-state index contributed by atoms with van der Waals surface area (Å²) in [5.41, 5.74) is 0.247. The van der Waals surface area contributed by atoms with E-state index in [4.69, 9.17) is 1.37 Å². The molecule has 0 aromatic carbocycles. The van der Waals surface area contributed by atoms with E-state index in [9.17, 15) is 9.59 Å². The summed E-state index contributed by atoms with van der Waals surface area (Å²) in [6, 6.07) is 3.19. The molecule has 0 radical (unpaired) electrons. The SMILES string of the molecule is [3H]c1ccnc(C(=O)N2CCC(C(=O)NC=C)C2)c1. The lowest BCUT2D eigenvalue weighted by Gasteiger charge is -2.15. The molecule has 1 aliphatic heterocycles. The summed E-state index contributed by atoms with van der Waals surface area (Å²) in [5.74, 6) is -0.559. The fraction of sp³-hybridized carbons (Fsp3) is 0.308. The van der Waals surface area contributed by atoms with Crippen LogP contribution in [0.3, 0.4) is 0 Å². The van der Waals surface area contributed by atoms with Gasteiger partial charge in [0.25, 0.3) is 5.91 Å². The van der Waals surface area contributed by atoms with E-state index in [0.717, 1.165) is 0 Å². The highest BCUT2D eigenvalue weighted by Gasteiger charge is 2.31. The average Bonchev–Trinajstić information content (AvgIpc) is 2.88. The van der Waals surface area contributed by atoms with Gasteiger partial charge < -0.3 is 10.2 Å². The molecule has 1 N–H and O–H groups in total. The number of hydrogen-bond acceptors (Lipinski definition) is 3. The number of likely N-dealkylation sites (tertiary alicyclic amines) is 1. The Labute approximate surface area is 107 Å². The van der Waals surface area contributed by atoms with Crippen molar-refractivity contribution in [2.45, 2.75) is 6.42 Å². The Morgan fingerprint density at radius 3 is 3.22 bits per heavy atom. The summed E-state index contributed by atoms with van der Waals surface area (Å²) in [4.78, 5) is 29.3. The molecule has 0 bridgehead atoms. The molecule has 18 heavy (non-hydrogen) atoms. The maximum Gasteiger partial charge on any atom is 0.272 e. The molecular formula is C13H15N3O2. The van der Waals surface area contributed by atoms with Gasteiger partial charge in [0.1, 0.15) is 5.69 Å². The van der Waals surface area contributed by atoms with Gasteiger partial charge in [-0.15, -0.1) is 0 Å². The normalized spacial score (nSPS) is 19.2. The Bertz CT molecular complexity index is 518. The van der Waals surface area contributed by atoms with Crippen LogP contribution in [0.2, 0.25) is 0 Å². The number of nitrogens with one attached hydrogen (secondary N) is 1. The fourth-order valence-corrected chi connectivity index (χ4v) is 1.98. The van der Waals surface area contributed by atoms with Gasteiger partial charge in [-0.1, -0.05) is 12.6 Å². The molecule has 1 aliphatic rings. The summed E-state index contributed by atoms with van der Waals surface area (Å²) in [5, 5.41) is 2.54. The molecule has 2 rings (SSSR count). The zero-order chi connectivity index (χ0) is 13.8. The molecule has 0 aliphatic carbocycles. The molecule has 1 aromatic heterocycles. The standard InChI is InChI=1S/C13H15N3O2/c1-2-14-12(17)10-6-8-16(9-10)13(18)11-5-3-4-7-15-11/h2-5,7,10H,1,6,8-9H2,(H,14,17)/i3T. The van der Waals surface area contributed by atoms with Crippen molar-refractivity contribution in [1.29, 1.82) is 0 Å². The van der Waals surface area contributed by atoms with Crippen molar-refractivity contribution in [3.05, 3.63) is 42.8 Å². The molecule has 1 aromatic rings. The predicted octanol–water partition coefficient (Wildman–Crippen LogP) is 0.803. The van der Waals surface area contributed by atoms with Gasteiger partial charge in [0, 0.05) is 19.3 Å². The first kappa shape index (κ1) is 11.0. The first-order chi connectivity index (χ1) is 9.11. The van der Waals surface area contributed by atoms with Crippen LogP contribution in [0.1, 0.15) is 18.3 Å². The van der Waals surface area contributed by atoms with E-state index in [1.54, 1.807) is 4.90 Å². The van der Waals surface area contributed by atoms with Crippen LogP contribution >= 0.6 is 0 Å². The molecule has 1 saturated heterocycles. The van der Waals surface area contributed by atoms with Gasteiger partial charge in [0.15, 0.2) is 0 Å². The number of hydrogen-bond donors (Lipinski definition) is 1. The molecule has 1 unspecified atom stereocenters. The molecule has 2 amide bonds. The van der Waals surface area contributed by atoms with Crippen LogP contribution in [0, 0.1) is 5.92 Å². The van der Waals surface area contributed by atoms with E-state index < -0.39 is 0 Å². The van der Waals surface area contributed by atoms with Crippen molar-refractivity contribution in [3.63, 3.8) is 0 Å². The van der Waals surface area contributed by atoms with Crippen LogP contribution in [0.5, 0.6) is 0 Å². The van der Waals surface area contributed by atoms with E-state index in [1.807, 2.05) is 0 Å². The summed E-state index contributed by atoms with van der Waals surface area (Å²) in [7, 11) is 0. The van der Waals surface area contributed by atoms with Crippen molar-refractivity contribution >= 4 is 11.8 Å². The van der Waals surface area contributed by atoms with Gasteiger partial charge in [0.05, 0.1) is 7.29 Å². The van der Waals surface area contributed by atoms with E-state index in [1.165, 1.54) is 24.5 Å². The predicted molar refractivity (Wildman–Crippen MR) is 66.6 cm³/mol. The van der Waals surface area contributed by atoms with E-state index in [0.29, 0.717) is 19.5 Å². The zero-order valence-corrected chi connectivity index (χ0v) is 9.93. The maximum atomic E-state index is 12.2. The van der Waals surface area contributed by atoms with Gasteiger partial charge in [-0.05, 0) is 24.8 Å². The summed E-state index contributed by atoms with van der Waals surface area (Å²) in [6.45, 7) is 4.34. The lowest BCUT2D eigenvalue weighted by molar-refractivity contribution is -0.123. The van der Waals surface area contributed by atoms with Crippen molar-refractivity contribution < 1.29 is 11.0 Å². The monoisotopic (exact) mass is 247 g/mol. The molecular weight excluding hydrogens is 230 g/mol. The second kappa shape index (κ2) is 5.44. The van der Waals surface area contributed by atoms with Gasteiger partial charge in [-0.2, -0.15) is 0 Å². The highest BCUT2D eigenvalue weighted by Crippen LogP contribution is 2.18. The fourth-order valence-electron chi connectivity index (χ4n) is 1.98. The number of pyridine rings is 1. The van der Waals surface area contributed by atoms with Crippen LogP contribution < -0.4 is 5.32 Å². The van der Waals surface area contributed by atoms with Crippen molar-refractivity contribution in [2.75, 3.05) is 13.1 Å². The Balaban J connectivity index is 2.03. The Morgan fingerprint density at radius 2 is 2.50 bits per heavy atom. The third kappa shape index (κ3) is 2.56. The smallest absolute Gasteiger partial charge is 0.272 e. The minimum absolute atomic E-state index is 0.118. The Morgan fingerprint density at radius 1 is 1.67 bits per heavy atom. The number of rotatable bonds is 3. The van der Waals surface area contributed by atoms with Crippen LogP contribution in [0.15, 0.2) is 37.2 Å². The summed E-state index contributed by atoms with van der Waals surface area (Å²) >= 11 is 0. The van der Waals surface area contributed by atoms with Crippen molar-refractivity contribution in [2.24, 2.45) is 5.92 Å². The number of nitrogens with zero attached hydrogens (tertiary/aromatic N) is 2. The van der Waals surface area contributed by atoms with E-state index in [-0.39, 0.29) is 29.5 Å². The van der Waals surface area contributed by atoms with Crippen LogP contribution in [0.4, 0.5) is 0 Å². The van der Waals surface area contributed by atoms with E-state index in [2.05, 4.69) is 16.9 Å². The molecule has 0 saturated carbocycles. The topological polar surface area (TPSA) is 62.3 Å². The number of carbonyl (C=O) groups is 2. The lowest BCUT2D eigenvalue weighted by atomic mass is 10.1. The first-order valence-electron chi connectivity index (χ1n) is 6.25. The van der Waals surface area contributed by atoms with Crippen LogP contribution in [-0.2, 0) is 4.79 Å². The maximum absolute atomic E-state index is 12.2. The second-order valence-electron chi connectivity index (χ2n) is 4.09. The molecule has 0 spiro atoms. The quantitative estimate of drug-likeness (QED) is 0.859. The Kier molecular flexibility index (Phi) is 3.31. The van der Waals surface area contributed by atoms with Crippen molar-refractivity contribution in [1.82, 2.24) is 15.2 Å². The Hall–Kier alpha value is -2.17. The van der Waals surface area contributed by atoms with Crippen molar-refractivity contribution in [3.8, 4) is 0 Å². The number of amides is 2. The second-order valence-corrected chi connectivity index (χ2v) is 4.09. The molecule has 1 atom stereocenters. The third-order valence-corrected chi connectivity index (χ3v) is 2.91. The number of carbonyl (C=O) groups excluding carboxylic acids is 2. The molecule has 2 heterocycles. The summed E-state index contributed by atoms with van der Waals surface area (Å²) < 4.78 is 7.48. The molecule has 1 fully saturated rings. The van der Waals surface area contributed by atoms with Gasteiger partial charge >= 0.3 is 0 Å². The van der Waals surface area contributed by atoms with Crippen LogP contribution in [-0.4, -0.2) is 34.8 Å². The van der Waals surface area contributed by atoms with Gasteiger partial charge in [-0.25, -0.2) is 0 Å². The highest BCUT2D eigenvalue weighted by atomic mass is 16.2. The largest absolute Gasteiger partial charge is 0.336 e. The molecule has 94 valence electrons. The molecule has 5 nitrogen and oxygen atoms in total. The first-order valence-corrected chi connectivity index (χ1v) is 5.75. The summed E-state index contributed by atoms with van der Waals surface area (Å²) in [6.07, 6.45) is 3.41. The minimum Gasteiger partial charge on any atom is -0.336 e. The minimum atomic E-state index is -0.233. The average molecular weight is 247 g/mol. The van der Waals surface area contributed by atoms with E-state index >= 15 is 0 Å². The van der Waals surface area contributed by atoms with Gasteiger partial charge in [-0.3, -0.25) is 14.6 Å². The molecule has 5 heteroatoms. The number of aromatic nitrogens is 1. The lowest BCUT2D eigenvalue weighted by Crippen LogP contribution is -2.33. The van der Waals surface area contributed by atoms with Gasteiger partial charge in [0.2, 0.25) is 5.91 Å². The van der Waals surface area contributed by atoms with Crippen LogP contribution in [0.25, 0.3) is 0 Å².